The molecule has 2 aromatic rings. The smallest absolute Gasteiger partial charge is 0.358 e. The summed E-state index contributed by atoms with van der Waals surface area (Å²) in [4.78, 5) is 34.5. The Morgan fingerprint density at radius 3 is 2.47 bits per heavy atom. The molecule has 2 unspecified atom stereocenters. The predicted octanol–water partition coefficient (Wildman–Crippen LogP) is 2.38. The predicted molar refractivity (Wildman–Crippen MR) is 102 cm³/mol. The fraction of sp³-hybridized carbons (Fsp3) is 0.500. The van der Waals surface area contributed by atoms with Gasteiger partial charge >= 0.3 is 11.9 Å². The molecular weight excluding hydrogens is 398 g/mol. The van der Waals surface area contributed by atoms with Crippen molar-refractivity contribution in [3.8, 4) is 0 Å². The fourth-order valence-corrected chi connectivity index (χ4v) is 3.81. The van der Waals surface area contributed by atoms with Crippen molar-refractivity contribution >= 4 is 17.8 Å². The van der Waals surface area contributed by atoms with Gasteiger partial charge in [0.2, 0.25) is 0 Å². The number of piperidine rings is 1. The maximum Gasteiger partial charge on any atom is 0.358 e. The summed E-state index contributed by atoms with van der Waals surface area (Å²) in [7, 11) is 0. The summed E-state index contributed by atoms with van der Waals surface area (Å²) in [5.74, 6) is -4.51. The highest BCUT2D eigenvalue weighted by atomic mass is 19.3. The molecule has 2 fully saturated rings. The van der Waals surface area contributed by atoms with Crippen LogP contribution in [0, 0.1) is 11.8 Å². The van der Waals surface area contributed by atoms with Crippen molar-refractivity contribution in [1.82, 2.24) is 14.5 Å². The quantitative estimate of drug-likeness (QED) is 0.636. The molecule has 10 heteroatoms. The summed E-state index contributed by atoms with van der Waals surface area (Å²) in [6.07, 6.45) is 2.99. The molecule has 0 bridgehead atoms. The topological polar surface area (TPSA) is 86.6 Å². The Morgan fingerprint density at radius 1 is 1.13 bits per heavy atom. The van der Waals surface area contributed by atoms with Crippen molar-refractivity contribution in [2.45, 2.75) is 26.3 Å². The van der Waals surface area contributed by atoms with Gasteiger partial charge in [-0.1, -0.05) is 6.07 Å². The third-order valence-corrected chi connectivity index (χ3v) is 5.43. The maximum absolute atomic E-state index is 13.5. The Labute approximate surface area is 171 Å². The lowest BCUT2D eigenvalue weighted by molar-refractivity contribution is 0.0509. The fourth-order valence-electron chi connectivity index (χ4n) is 3.81. The van der Waals surface area contributed by atoms with E-state index in [0.29, 0.717) is 11.4 Å². The van der Waals surface area contributed by atoms with Gasteiger partial charge in [-0.05, 0) is 19.9 Å². The second-order valence-electron chi connectivity index (χ2n) is 7.34. The number of hydrogen-bond acceptors (Lipinski definition) is 7. The molecule has 8 nitrogen and oxygen atoms in total. The average molecular weight is 420 g/mol. The van der Waals surface area contributed by atoms with E-state index in [9.17, 15) is 18.4 Å². The van der Waals surface area contributed by atoms with Crippen LogP contribution >= 0.6 is 0 Å². The number of hydrogen-bond donors (Lipinski definition) is 0. The molecule has 1 aliphatic heterocycles. The Kier molecular flexibility index (Phi) is 5.17. The molecule has 4 rings (SSSR count). The zero-order chi connectivity index (χ0) is 21.5. The van der Waals surface area contributed by atoms with Gasteiger partial charge in [-0.3, -0.25) is 0 Å². The molecule has 3 heterocycles. The summed E-state index contributed by atoms with van der Waals surface area (Å²) in [5.41, 5.74) is 0.851. The first kappa shape index (κ1) is 20.2. The summed E-state index contributed by atoms with van der Waals surface area (Å²) in [5, 5.41) is 0. The molecule has 0 radical (unpaired) electrons. The van der Waals surface area contributed by atoms with Crippen LogP contribution in [0.4, 0.5) is 14.6 Å². The van der Waals surface area contributed by atoms with Gasteiger partial charge in [0.25, 0.3) is 5.92 Å². The van der Waals surface area contributed by atoms with E-state index in [1.807, 2.05) is 0 Å². The standard InChI is InChI=1S/C20H22F2N4O4/c1-3-29-18(27)15-10-25(11-23-15)7-12-5-6-16(24-17(12)19(28)30-4-2)26-8-13-14(9-26)20(13,21)22/h5-6,10-11,13-14H,3-4,7-9H2,1-2H3. The number of halogens is 2. The summed E-state index contributed by atoms with van der Waals surface area (Å²) in [6.45, 7) is 4.50. The summed E-state index contributed by atoms with van der Waals surface area (Å²) < 4.78 is 38.7. The molecule has 0 amide bonds. The van der Waals surface area contributed by atoms with Gasteiger partial charge in [-0.15, -0.1) is 0 Å². The molecule has 2 atom stereocenters. The van der Waals surface area contributed by atoms with E-state index >= 15 is 0 Å². The van der Waals surface area contributed by atoms with Crippen molar-refractivity contribution in [3.05, 3.63) is 41.6 Å². The van der Waals surface area contributed by atoms with Crippen LogP contribution in [0.3, 0.4) is 0 Å². The van der Waals surface area contributed by atoms with Gasteiger partial charge in [-0.25, -0.2) is 28.3 Å². The van der Waals surface area contributed by atoms with Crippen LogP contribution in [0.2, 0.25) is 0 Å². The largest absolute Gasteiger partial charge is 0.461 e. The molecule has 30 heavy (non-hydrogen) atoms. The molecule has 2 aliphatic rings. The number of imidazole rings is 1. The third-order valence-electron chi connectivity index (χ3n) is 5.43. The molecule has 2 aromatic heterocycles. The Morgan fingerprint density at radius 2 is 1.80 bits per heavy atom. The maximum atomic E-state index is 13.5. The molecule has 1 saturated carbocycles. The number of pyridine rings is 1. The van der Waals surface area contributed by atoms with Crippen molar-refractivity contribution in [1.29, 1.82) is 0 Å². The van der Waals surface area contributed by atoms with Gasteiger partial charge in [0.15, 0.2) is 11.4 Å². The van der Waals surface area contributed by atoms with E-state index in [1.165, 1.54) is 12.5 Å². The van der Waals surface area contributed by atoms with Crippen molar-refractivity contribution in [2.75, 3.05) is 31.2 Å². The lowest BCUT2D eigenvalue weighted by atomic mass is 10.1. The Balaban J connectivity index is 1.55. The van der Waals surface area contributed by atoms with Gasteiger partial charge in [0, 0.05) is 24.8 Å². The lowest BCUT2D eigenvalue weighted by Crippen LogP contribution is -2.28. The molecule has 0 N–H and O–H groups in total. The highest BCUT2D eigenvalue weighted by Gasteiger charge is 2.71. The van der Waals surface area contributed by atoms with E-state index in [0.717, 1.165) is 0 Å². The molecule has 1 saturated heterocycles. The van der Waals surface area contributed by atoms with Crippen molar-refractivity contribution < 1.29 is 27.8 Å². The number of anilines is 1. The van der Waals surface area contributed by atoms with Gasteiger partial charge in [-0.2, -0.15) is 0 Å². The van der Waals surface area contributed by atoms with E-state index in [1.54, 1.807) is 35.4 Å². The van der Waals surface area contributed by atoms with E-state index < -0.39 is 29.7 Å². The van der Waals surface area contributed by atoms with Crippen molar-refractivity contribution in [3.63, 3.8) is 0 Å². The average Bonchev–Trinajstić information content (AvgIpc) is 3.16. The van der Waals surface area contributed by atoms with Crippen LogP contribution in [-0.2, 0) is 16.0 Å². The second kappa shape index (κ2) is 7.66. The number of fused-ring (bicyclic) bond motifs is 1. The minimum Gasteiger partial charge on any atom is -0.461 e. The zero-order valence-electron chi connectivity index (χ0n) is 16.7. The number of carbonyl (C=O) groups excluding carboxylic acids is 2. The number of rotatable bonds is 7. The number of carbonyl (C=O) groups is 2. The molecular formula is C20H22F2N4O4. The summed E-state index contributed by atoms with van der Waals surface area (Å²) >= 11 is 0. The number of esters is 2. The van der Waals surface area contributed by atoms with Crippen molar-refractivity contribution in [2.24, 2.45) is 11.8 Å². The van der Waals surface area contributed by atoms with Gasteiger partial charge in [0.1, 0.15) is 5.82 Å². The molecule has 1 aliphatic carbocycles. The first-order valence-corrected chi connectivity index (χ1v) is 9.83. The van der Waals surface area contributed by atoms with Gasteiger partial charge < -0.3 is 18.9 Å². The molecule has 0 aromatic carbocycles. The molecule has 0 spiro atoms. The Bertz CT molecular complexity index is 963. The Hall–Kier alpha value is -3.04. The minimum absolute atomic E-state index is 0.119. The van der Waals surface area contributed by atoms with Crippen LogP contribution in [0.1, 0.15) is 40.4 Å². The van der Waals surface area contributed by atoms with E-state index in [-0.39, 0.29) is 44.2 Å². The van der Waals surface area contributed by atoms with Crippen LogP contribution in [0.5, 0.6) is 0 Å². The second-order valence-corrected chi connectivity index (χ2v) is 7.34. The number of aromatic nitrogens is 3. The lowest BCUT2D eigenvalue weighted by Gasteiger charge is -2.22. The third kappa shape index (κ3) is 3.61. The SMILES string of the molecule is CCOC(=O)c1cn(Cc2ccc(N3CC4C(C3)C4(F)F)nc2C(=O)OCC)cn1. The van der Waals surface area contributed by atoms with Crippen LogP contribution < -0.4 is 4.90 Å². The monoisotopic (exact) mass is 420 g/mol. The first-order chi connectivity index (χ1) is 14.3. The number of ether oxygens (including phenoxy) is 2. The van der Waals surface area contributed by atoms with Crippen LogP contribution in [-0.4, -0.2) is 58.7 Å². The van der Waals surface area contributed by atoms with Crippen LogP contribution in [0.15, 0.2) is 24.7 Å². The first-order valence-electron chi connectivity index (χ1n) is 9.83. The van der Waals surface area contributed by atoms with E-state index in [2.05, 4.69) is 9.97 Å². The van der Waals surface area contributed by atoms with Gasteiger partial charge in [0.05, 0.1) is 37.9 Å². The highest BCUT2D eigenvalue weighted by Crippen LogP contribution is 2.59. The zero-order valence-corrected chi connectivity index (χ0v) is 16.7. The van der Waals surface area contributed by atoms with E-state index in [4.69, 9.17) is 9.47 Å². The number of nitrogens with zero attached hydrogens (tertiary/aromatic N) is 4. The summed E-state index contributed by atoms with van der Waals surface area (Å²) in [6, 6.07) is 3.44. The normalized spacial score (nSPS) is 21.3. The number of alkyl halides is 2. The minimum atomic E-state index is -2.58. The van der Waals surface area contributed by atoms with Crippen LogP contribution in [0.25, 0.3) is 0 Å². The highest BCUT2D eigenvalue weighted by molar-refractivity contribution is 5.89. The molecule has 160 valence electrons.